The second-order valence-electron chi connectivity index (χ2n) is 29.0. The highest BCUT2D eigenvalue weighted by Crippen LogP contribution is 2.76. The number of aldehydes is 1. The van der Waals surface area contributed by atoms with Crippen molar-refractivity contribution in [1.82, 2.24) is 5.32 Å². The molecule has 9 rings (SSSR count). The molecule has 24 heteroatoms. The molecular weight excluding hydrogens is 1140 g/mol. The fourth-order valence-electron chi connectivity index (χ4n) is 17.7. The Bertz CT molecular complexity index is 2390. The van der Waals surface area contributed by atoms with Crippen molar-refractivity contribution in [3.8, 4) is 0 Å². The lowest BCUT2D eigenvalue weighted by molar-refractivity contribution is -0.370. The van der Waals surface area contributed by atoms with E-state index in [1.54, 1.807) is 0 Å². The van der Waals surface area contributed by atoms with E-state index in [-0.39, 0.29) is 47.3 Å². The van der Waals surface area contributed by atoms with Gasteiger partial charge in [0.15, 0.2) is 25.0 Å². The Balaban J connectivity index is 0.901. The fraction of sp³-hybridized carbons (Fsp3) is 0.921. The zero-order valence-corrected chi connectivity index (χ0v) is 51.8. The van der Waals surface area contributed by atoms with Gasteiger partial charge in [-0.05, 0) is 117 Å². The van der Waals surface area contributed by atoms with Gasteiger partial charge in [-0.3, -0.25) is 9.59 Å². The number of aliphatic hydroxyl groups excluding tert-OH is 12. The Morgan fingerprint density at radius 1 is 0.644 bits per heavy atom. The monoisotopic (exact) mass is 1240 g/mol. The molecule has 4 saturated heterocycles. The van der Waals surface area contributed by atoms with Crippen molar-refractivity contribution in [2.75, 3.05) is 26.4 Å². The van der Waals surface area contributed by atoms with Crippen LogP contribution in [0.5, 0.6) is 0 Å². The molecule has 4 saturated carbocycles. The number of rotatable bonds is 22. The van der Waals surface area contributed by atoms with E-state index in [1.165, 1.54) is 6.92 Å². The van der Waals surface area contributed by atoms with Crippen molar-refractivity contribution >= 4 is 18.2 Å². The summed E-state index contributed by atoms with van der Waals surface area (Å²) < 4.78 is 47.5. The molecule has 0 aromatic carbocycles. The molecule has 4 heterocycles. The van der Waals surface area contributed by atoms with E-state index in [9.17, 15) is 70.9 Å². The summed E-state index contributed by atoms with van der Waals surface area (Å²) in [4.78, 5) is 42.3. The molecule has 87 heavy (non-hydrogen) atoms. The maximum Gasteiger partial charge on any atom is 0.317 e. The highest BCUT2D eigenvalue weighted by molar-refractivity contribution is 5.80. The first-order valence-corrected chi connectivity index (χ1v) is 32.3. The van der Waals surface area contributed by atoms with E-state index >= 15 is 4.79 Å². The number of aliphatic hydroxyl groups is 12. The van der Waals surface area contributed by atoms with Crippen molar-refractivity contribution < 1.29 is 114 Å². The van der Waals surface area contributed by atoms with Gasteiger partial charge in [0, 0.05) is 13.0 Å². The molecule has 0 bridgehead atoms. The first-order chi connectivity index (χ1) is 41.1. The van der Waals surface area contributed by atoms with Crippen LogP contribution in [0, 0.1) is 50.2 Å². The molecule has 0 radical (unpaired) electrons. The van der Waals surface area contributed by atoms with Crippen LogP contribution in [0.3, 0.4) is 0 Å². The van der Waals surface area contributed by atoms with E-state index in [4.69, 9.17) is 37.9 Å². The molecule has 8 fully saturated rings. The number of unbranched alkanes of at least 4 members (excludes halogenated alkanes) is 7. The van der Waals surface area contributed by atoms with Crippen molar-refractivity contribution in [3.63, 3.8) is 0 Å². The topological polar surface area (TPSA) is 380 Å². The molecule has 0 aromatic rings. The number of esters is 1. The molecule has 28 atom stereocenters. The minimum atomic E-state index is -1.96. The van der Waals surface area contributed by atoms with E-state index in [0.717, 1.165) is 56.8 Å². The Kier molecular flexibility index (Phi) is 21.6. The van der Waals surface area contributed by atoms with Crippen LogP contribution >= 0.6 is 0 Å². The van der Waals surface area contributed by atoms with Crippen LogP contribution in [-0.4, -0.2) is 229 Å². The number of ether oxygens (including phenoxy) is 8. The molecule has 4 aliphatic heterocycles. The molecule has 498 valence electrons. The summed E-state index contributed by atoms with van der Waals surface area (Å²) in [6.07, 6.45) is -13.2. The Hall–Kier alpha value is -2.41. The lowest BCUT2D eigenvalue weighted by Crippen LogP contribution is -2.69. The standard InChI is InChI=1S/C63H103NO23/c1-32-51(85-54-48(76)44(72)35(68)30-81-54)47(75)50(78)55(82-32)86-52-46(74)43(64-42(71)16-14-12-10-8-9-11-13-15-25-80-53-49(77)45(73)37(29-66)84-53)36(28-65)83-56(52)87-57(79)63-24-23-58(2,3)26-34(63)33-17-18-39-59(4)21-20-40(69)60(5,31-67)38(59)19-22-61(39,6)62(33,7)27-41(63)70/h17,31-32,34-41,43-56,65-66,68-70,72-78H,8-16,18-30H2,1-7H3,(H,64,71)/t32?,34?,35-,36?,37+,38-,39?,40+,41+,43+,44?,45?,46?,47?,48?,49?,50?,51+,52?,53-,54+,55+,56+,59?,60-,61+,62-,63-/m1/s1. The average molecular weight is 1240 g/mol. The highest BCUT2D eigenvalue weighted by atomic mass is 16.8. The Morgan fingerprint density at radius 3 is 1.94 bits per heavy atom. The minimum Gasteiger partial charge on any atom is -0.432 e. The van der Waals surface area contributed by atoms with Crippen LogP contribution in [0.15, 0.2) is 11.6 Å². The smallest absolute Gasteiger partial charge is 0.317 e. The molecule has 0 spiro atoms. The number of fused-ring (bicyclic) bond motifs is 7. The Morgan fingerprint density at radius 2 is 1.28 bits per heavy atom. The summed E-state index contributed by atoms with van der Waals surface area (Å²) in [5.41, 5.74) is -2.95. The third-order valence-electron chi connectivity index (χ3n) is 23.3. The van der Waals surface area contributed by atoms with E-state index in [2.05, 4.69) is 46.0 Å². The number of nitrogens with one attached hydrogen (secondary N) is 1. The van der Waals surface area contributed by atoms with E-state index < -0.39 is 177 Å². The molecule has 24 nitrogen and oxygen atoms in total. The number of hydrogen-bond donors (Lipinski definition) is 13. The highest BCUT2D eigenvalue weighted by Gasteiger charge is 2.72. The predicted octanol–water partition coefficient (Wildman–Crippen LogP) is 1.05. The number of carbonyl (C=O) groups is 3. The van der Waals surface area contributed by atoms with Gasteiger partial charge in [-0.25, -0.2) is 0 Å². The van der Waals surface area contributed by atoms with Gasteiger partial charge in [-0.2, -0.15) is 0 Å². The SMILES string of the molecule is CC1O[C@@H](OC2C(O)[C@@H](NC(=O)CCCCCCCCCCO[C@@H]3O[C@@H](CO)C(O)C3O)C(CO)O[C@H]2OC(=O)[C@]23CCC(C)(C)CC2C2=CCC4C5(C)CC[C@H](O)[C@](C)(C=O)[C@@H]5CC[C@]4(C)[C@]2(C)C[C@@H]3O)C(O)C(O)[C@H]1O[C@@H]1OC[C@@H](O)C(O)C1O. The number of hydrogen-bond acceptors (Lipinski definition) is 23. The van der Waals surface area contributed by atoms with Gasteiger partial charge in [0.1, 0.15) is 78.8 Å². The van der Waals surface area contributed by atoms with E-state index in [1.807, 2.05) is 6.92 Å². The van der Waals surface area contributed by atoms with Gasteiger partial charge in [-0.15, -0.1) is 0 Å². The first kappa shape index (κ1) is 68.9. The molecular formula is C63H103NO23. The van der Waals surface area contributed by atoms with Gasteiger partial charge in [0.2, 0.25) is 12.2 Å². The van der Waals surface area contributed by atoms with Crippen LogP contribution in [-0.2, 0) is 52.3 Å². The normalized spacial score (nSPS) is 48.6. The molecule has 13 unspecified atom stereocenters. The predicted molar refractivity (Wildman–Crippen MR) is 306 cm³/mol. The average Bonchev–Trinajstić information content (AvgIpc) is 0.957. The summed E-state index contributed by atoms with van der Waals surface area (Å²) in [5.74, 6) is -1.80. The van der Waals surface area contributed by atoms with Crippen LogP contribution < -0.4 is 5.32 Å². The summed E-state index contributed by atoms with van der Waals surface area (Å²) >= 11 is 0. The summed E-state index contributed by atoms with van der Waals surface area (Å²) in [6.45, 7) is 13.1. The first-order valence-electron chi connectivity index (χ1n) is 32.3. The maximum atomic E-state index is 15.7. The van der Waals surface area contributed by atoms with Crippen molar-refractivity contribution in [1.29, 1.82) is 0 Å². The van der Waals surface area contributed by atoms with Crippen molar-refractivity contribution in [2.24, 2.45) is 50.2 Å². The van der Waals surface area contributed by atoms with Crippen LogP contribution in [0.1, 0.15) is 164 Å². The molecule has 5 aliphatic carbocycles. The molecule has 13 N–H and O–H groups in total. The summed E-state index contributed by atoms with van der Waals surface area (Å²) in [6, 6.07) is -1.38. The van der Waals surface area contributed by atoms with Crippen molar-refractivity contribution in [2.45, 2.75) is 287 Å². The van der Waals surface area contributed by atoms with Crippen molar-refractivity contribution in [3.05, 3.63) is 11.6 Å². The third-order valence-corrected chi connectivity index (χ3v) is 23.3. The van der Waals surface area contributed by atoms with Gasteiger partial charge in [0.25, 0.3) is 0 Å². The van der Waals surface area contributed by atoms with Gasteiger partial charge in [-0.1, -0.05) is 91.7 Å². The zero-order valence-electron chi connectivity index (χ0n) is 51.8. The van der Waals surface area contributed by atoms with Crippen LogP contribution in [0.25, 0.3) is 0 Å². The zero-order chi connectivity index (χ0) is 63.3. The molecule has 1 amide bonds. The number of carbonyl (C=O) groups excluding carboxylic acids is 3. The largest absolute Gasteiger partial charge is 0.432 e. The van der Waals surface area contributed by atoms with Gasteiger partial charge in [0.05, 0.1) is 49.6 Å². The van der Waals surface area contributed by atoms with E-state index in [0.29, 0.717) is 58.0 Å². The minimum absolute atomic E-state index is 0.0439. The Labute approximate surface area is 510 Å². The summed E-state index contributed by atoms with van der Waals surface area (Å²) in [7, 11) is 0. The van der Waals surface area contributed by atoms with Crippen LogP contribution in [0.2, 0.25) is 0 Å². The number of allylic oxidation sites excluding steroid dienone is 2. The lowest BCUT2D eigenvalue weighted by Gasteiger charge is -2.71. The summed E-state index contributed by atoms with van der Waals surface area (Å²) in [5, 5.41) is 134. The quantitative estimate of drug-likeness (QED) is 0.0312. The maximum absolute atomic E-state index is 15.7. The van der Waals surface area contributed by atoms with Crippen LogP contribution in [0.4, 0.5) is 0 Å². The second kappa shape index (κ2) is 27.3. The molecule has 9 aliphatic rings. The lowest BCUT2D eigenvalue weighted by atomic mass is 9.33. The number of amides is 1. The fourth-order valence-corrected chi connectivity index (χ4v) is 17.7. The van der Waals surface area contributed by atoms with Gasteiger partial charge < -0.3 is 109 Å². The third kappa shape index (κ3) is 12.8. The van der Waals surface area contributed by atoms with Gasteiger partial charge >= 0.3 is 5.97 Å². The molecule has 0 aromatic heterocycles. The second-order valence-corrected chi connectivity index (χ2v) is 29.0.